The summed E-state index contributed by atoms with van der Waals surface area (Å²) in [6.45, 7) is 13.3. The van der Waals surface area contributed by atoms with Gasteiger partial charge in [0, 0.05) is 47.9 Å². The van der Waals surface area contributed by atoms with Crippen LogP contribution in [0.25, 0.3) is 5.57 Å². The Labute approximate surface area is 349 Å². The van der Waals surface area contributed by atoms with Gasteiger partial charge in [0.05, 0.1) is 16.4 Å². The first-order valence-electron chi connectivity index (χ1n) is 19.5. The number of ether oxygens (including phenoxy) is 1. The summed E-state index contributed by atoms with van der Waals surface area (Å²) in [6, 6.07) is 35.8. The van der Waals surface area contributed by atoms with E-state index in [1.807, 2.05) is 43.3 Å². The van der Waals surface area contributed by atoms with E-state index in [1.165, 1.54) is 18.2 Å². The second-order valence-electron chi connectivity index (χ2n) is 14.4. The lowest BCUT2D eigenvalue weighted by atomic mass is 9.85. The van der Waals surface area contributed by atoms with Crippen molar-refractivity contribution in [2.24, 2.45) is 0 Å². The highest BCUT2D eigenvalue weighted by molar-refractivity contribution is 8.19. The molecule has 1 aliphatic rings. The maximum absolute atomic E-state index is 11.8. The van der Waals surface area contributed by atoms with Crippen LogP contribution in [0.4, 0.5) is 17.1 Å². The van der Waals surface area contributed by atoms with Crippen LogP contribution in [0.5, 0.6) is 5.75 Å². The third kappa shape index (κ3) is 10.8. The van der Waals surface area contributed by atoms with Gasteiger partial charge in [-0.1, -0.05) is 42.5 Å². The van der Waals surface area contributed by atoms with Crippen LogP contribution in [-0.4, -0.2) is 56.6 Å². The molecule has 10 nitrogen and oxygen atoms in total. The van der Waals surface area contributed by atoms with Gasteiger partial charge < -0.3 is 28.6 Å². The number of nitrogens with one attached hydrogen (secondary N) is 1. The molecule has 0 atom stereocenters. The molecule has 0 saturated heterocycles. The summed E-state index contributed by atoms with van der Waals surface area (Å²) in [5.74, 6) is 0.821. The van der Waals surface area contributed by atoms with Crippen molar-refractivity contribution < 1.29 is 35.9 Å². The normalized spacial score (nSPS) is 15.0. The SMILES string of the molecule is CCOc1ccc(Nc2ccc(C(=C3C=CC(=[N+](CC)Cc4cccc(S(O)(O)O)c4)C=C3C)c3ccc(N(CC)Cc4cccc(S(=O)(=O)O)c4)cc3C)cc2)cc1. The molecule has 0 fully saturated rings. The fraction of sp³-hybridized carbons (Fsp3) is 0.213. The molecule has 5 aromatic carbocycles. The summed E-state index contributed by atoms with van der Waals surface area (Å²) in [6.07, 6.45) is 6.44. The zero-order valence-corrected chi connectivity index (χ0v) is 35.6. The van der Waals surface area contributed by atoms with Crippen molar-refractivity contribution in [3.05, 3.63) is 172 Å². The van der Waals surface area contributed by atoms with E-state index in [4.69, 9.17) is 4.74 Å². The number of anilines is 3. The second kappa shape index (κ2) is 18.6. The molecule has 0 spiro atoms. The van der Waals surface area contributed by atoms with Crippen molar-refractivity contribution in [3.63, 3.8) is 0 Å². The number of benzene rings is 5. The topological polar surface area (TPSA) is 143 Å². The van der Waals surface area contributed by atoms with Gasteiger partial charge in [0.15, 0.2) is 12.3 Å². The van der Waals surface area contributed by atoms with E-state index in [0.29, 0.717) is 32.8 Å². The first-order valence-corrected chi connectivity index (χ1v) is 22.5. The third-order valence-electron chi connectivity index (χ3n) is 10.2. The molecule has 0 aromatic heterocycles. The van der Waals surface area contributed by atoms with Gasteiger partial charge in [-0.05, 0) is 152 Å². The summed E-state index contributed by atoms with van der Waals surface area (Å²) in [5, 5.41) is 3.49. The molecule has 59 heavy (non-hydrogen) atoms. The van der Waals surface area contributed by atoms with Crippen molar-refractivity contribution >= 4 is 49.3 Å². The third-order valence-corrected chi connectivity index (χ3v) is 12.0. The average Bonchev–Trinajstić information content (AvgIpc) is 3.21. The zero-order valence-electron chi connectivity index (χ0n) is 34.0. The summed E-state index contributed by atoms with van der Waals surface area (Å²) >= 11 is 0. The highest BCUT2D eigenvalue weighted by Gasteiger charge is 2.22. The van der Waals surface area contributed by atoms with E-state index in [-0.39, 0.29) is 9.79 Å². The Kier molecular flexibility index (Phi) is 13.6. The number of nitrogens with zero attached hydrogens (tertiary/aromatic N) is 2. The minimum atomic E-state index is -4.32. The molecule has 6 rings (SSSR count). The molecule has 0 saturated carbocycles. The second-order valence-corrected chi connectivity index (χ2v) is 17.3. The smallest absolute Gasteiger partial charge is 0.294 e. The average molecular weight is 835 g/mol. The Morgan fingerprint density at radius 1 is 0.746 bits per heavy atom. The van der Waals surface area contributed by atoms with E-state index in [0.717, 1.165) is 73.1 Å². The van der Waals surface area contributed by atoms with E-state index in [2.05, 4.69) is 103 Å². The molecule has 5 aromatic rings. The summed E-state index contributed by atoms with van der Waals surface area (Å²) in [5.41, 5.74) is 11.9. The fourth-order valence-electron chi connectivity index (χ4n) is 7.22. The first kappa shape index (κ1) is 43.1. The maximum Gasteiger partial charge on any atom is 0.294 e. The molecular formula is C47H52N3O7S2+. The molecule has 0 amide bonds. The van der Waals surface area contributed by atoms with Gasteiger partial charge in [-0.2, -0.15) is 8.42 Å². The zero-order chi connectivity index (χ0) is 42.3. The van der Waals surface area contributed by atoms with E-state index in [1.54, 1.807) is 18.2 Å². The molecule has 0 bridgehead atoms. The van der Waals surface area contributed by atoms with Crippen LogP contribution in [0.3, 0.4) is 0 Å². The number of rotatable bonds is 15. The standard InChI is InChI=1S/C47H51N3O7S2/c1-6-49(31-35-11-9-13-43(29-35)58(51,52)53)40-21-25-45(33(4)27-40)47(37-15-17-38(18-16-37)48-39-19-23-42(24-20-39)57-8-3)46-26-22-41(28-34(46)5)50(7-2)32-36-12-10-14-44(30-36)59(54,55)56/h9-30H,6-8,31-32H2,1-5H3,(H4,51,52,53,54,55,56)/p+1. The summed E-state index contributed by atoms with van der Waals surface area (Å²) < 4.78 is 70.6. The van der Waals surface area contributed by atoms with Crippen LogP contribution < -0.4 is 15.0 Å². The lowest BCUT2D eigenvalue weighted by Crippen LogP contribution is -2.22. The maximum atomic E-state index is 11.8. The van der Waals surface area contributed by atoms with Gasteiger partial charge >= 0.3 is 0 Å². The molecule has 5 N–H and O–H groups in total. The van der Waals surface area contributed by atoms with Crippen molar-refractivity contribution in [2.45, 2.75) is 57.5 Å². The number of hydrogen-bond donors (Lipinski definition) is 5. The Morgan fingerprint density at radius 2 is 1.39 bits per heavy atom. The Bertz CT molecular complexity index is 2540. The minimum Gasteiger partial charge on any atom is -0.494 e. The molecule has 1 aliphatic carbocycles. The lowest BCUT2D eigenvalue weighted by molar-refractivity contribution is -0.539. The molecular weight excluding hydrogens is 783 g/mol. The molecule has 0 heterocycles. The first-order chi connectivity index (χ1) is 28.2. The molecule has 0 aliphatic heterocycles. The van der Waals surface area contributed by atoms with Gasteiger partial charge in [-0.15, -0.1) is 0 Å². The highest BCUT2D eigenvalue weighted by Crippen LogP contribution is 2.43. The molecule has 12 heteroatoms. The molecule has 0 radical (unpaired) electrons. The quantitative estimate of drug-likeness (QED) is 0.0514. The largest absolute Gasteiger partial charge is 0.494 e. The summed E-state index contributed by atoms with van der Waals surface area (Å²) in [7, 11) is -8.14. The monoisotopic (exact) mass is 834 g/mol. The Morgan fingerprint density at radius 3 is 1.98 bits per heavy atom. The lowest BCUT2D eigenvalue weighted by Gasteiger charge is -2.25. The molecule has 0 unspecified atom stereocenters. The van der Waals surface area contributed by atoms with Gasteiger partial charge in [-0.25, -0.2) is 4.58 Å². The van der Waals surface area contributed by atoms with Gasteiger partial charge in [0.1, 0.15) is 23.2 Å². The van der Waals surface area contributed by atoms with Crippen LogP contribution in [0.2, 0.25) is 0 Å². The number of allylic oxidation sites excluding steroid dienone is 5. The molecule has 308 valence electrons. The predicted molar refractivity (Wildman–Crippen MR) is 240 cm³/mol. The van der Waals surface area contributed by atoms with Crippen molar-refractivity contribution in [1.29, 1.82) is 0 Å². The fourth-order valence-corrected chi connectivity index (χ4v) is 8.35. The van der Waals surface area contributed by atoms with Crippen molar-refractivity contribution in [2.75, 3.05) is 29.9 Å². The van der Waals surface area contributed by atoms with Gasteiger partial charge in [0.25, 0.3) is 10.1 Å². The van der Waals surface area contributed by atoms with Crippen molar-refractivity contribution in [3.8, 4) is 5.75 Å². The van der Waals surface area contributed by atoms with Crippen LogP contribution >= 0.6 is 10.9 Å². The predicted octanol–water partition coefficient (Wildman–Crippen LogP) is 11.0. The van der Waals surface area contributed by atoms with Crippen LogP contribution in [0.1, 0.15) is 55.5 Å². The van der Waals surface area contributed by atoms with E-state index < -0.39 is 21.0 Å². The number of hydrogen-bond acceptors (Lipinski definition) is 8. The summed E-state index contributed by atoms with van der Waals surface area (Å²) in [4.78, 5) is 2.13. The Hall–Kier alpha value is -5.47. The van der Waals surface area contributed by atoms with E-state index in [9.17, 15) is 26.6 Å². The van der Waals surface area contributed by atoms with E-state index >= 15 is 0 Å². The van der Waals surface area contributed by atoms with Gasteiger partial charge in [0.2, 0.25) is 0 Å². The van der Waals surface area contributed by atoms with Crippen LogP contribution in [0, 0.1) is 6.92 Å². The van der Waals surface area contributed by atoms with Crippen LogP contribution in [-0.2, 0) is 23.2 Å². The van der Waals surface area contributed by atoms with Crippen molar-refractivity contribution in [1.82, 2.24) is 0 Å². The number of aryl methyl sites for hydroxylation is 1. The van der Waals surface area contributed by atoms with Gasteiger partial charge in [-0.3, -0.25) is 4.55 Å². The highest BCUT2D eigenvalue weighted by atomic mass is 32.3. The van der Waals surface area contributed by atoms with Crippen LogP contribution in [0.15, 0.2) is 154 Å². The minimum absolute atomic E-state index is 0.0901. The Balaban J connectivity index is 1.38.